The smallest absolute Gasteiger partial charge is 0.211 e. The number of hydrogen-bond donors (Lipinski definition) is 0. The van der Waals surface area contributed by atoms with E-state index in [2.05, 4.69) is 32.8 Å². The SMILES string of the molecule is O=C=NC1=CCC(I)CC1N=O. The summed E-state index contributed by atoms with van der Waals surface area (Å²) in [4.78, 5) is 23.7. The van der Waals surface area contributed by atoms with Crippen LogP contribution in [-0.4, -0.2) is 16.0 Å². The molecule has 4 nitrogen and oxygen atoms in total. The lowest BCUT2D eigenvalue weighted by Crippen LogP contribution is -2.17. The summed E-state index contributed by atoms with van der Waals surface area (Å²) < 4.78 is 0.413. The zero-order valence-corrected chi connectivity index (χ0v) is 8.39. The molecular formula is C7H7IN2O2. The molecule has 2 unspecified atom stereocenters. The first kappa shape index (κ1) is 9.54. The summed E-state index contributed by atoms with van der Waals surface area (Å²) in [5.74, 6) is 0. The van der Waals surface area contributed by atoms with Crippen molar-refractivity contribution in [3.05, 3.63) is 16.7 Å². The maximum atomic E-state index is 10.3. The number of halogens is 1. The van der Waals surface area contributed by atoms with Gasteiger partial charge in [0.2, 0.25) is 6.08 Å². The number of carbonyl (C=O) groups excluding carboxylic acids is 1. The van der Waals surface area contributed by atoms with Gasteiger partial charge < -0.3 is 0 Å². The largest absolute Gasteiger partial charge is 0.240 e. The van der Waals surface area contributed by atoms with E-state index in [0.717, 1.165) is 6.42 Å². The molecule has 1 rings (SSSR count). The molecule has 0 bridgehead atoms. The maximum absolute atomic E-state index is 10.3. The molecule has 1 aliphatic rings. The average molecular weight is 278 g/mol. The summed E-state index contributed by atoms with van der Waals surface area (Å²) >= 11 is 2.25. The Morgan fingerprint density at radius 1 is 1.67 bits per heavy atom. The summed E-state index contributed by atoms with van der Waals surface area (Å²) in [6.07, 6.45) is 4.71. The third kappa shape index (κ3) is 2.22. The fourth-order valence-electron chi connectivity index (χ4n) is 1.11. The van der Waals surface area contributed by atoms with Crippen LogP contribution in [-0.2, 0) is 4.79 Å². The number of isocyanates is 1. The molecule has 1 aliphatic carbocycles. The Kier molecular flexibility index (Phi) is 3.55. The zero-order chi connectivity index (χ0) is 8.97. The van der Waals surface area contributed by atoms with Crippen LogP contribution in [0.3, 0.4) is 0 Å². The van der Waals surface area contributed by atoms with E-state index in [0.29, 0.717) is 16.0 Å². The fraction of sp³-hybridized carbons (Fsp3) is 0.571. The number of nitrogens with zero attached hydrogens (tertiary/aromatic N) is 2. The van der Waals surface area contributed by atoms with Crippen molar-refractivity contribution in [2.75, 3.05) is 0 Å². The lowest BCUT2D eigenvalue weighted by molar-refractivity contribution is 0.561. The first-order valence-electron chi connectivity index (χ1n) is 3.52. The molecule has 64 valence electrons. The second-order valence-corrected chi connectivity index (χ2v) is 4.28. The van der Waals surface area contributed by atoms with Crippen LogP contribution >= 0.6 is 22.6 Å². The van der Waals surface area contributed by atoms with Crippen LogP contribution in [0.5, 0.6) is 0 Å². The molecule has 0 heterocycles. The monoisotopic (exact) mass is 278 g/mol. The van der Waals surface area contributed by atoms with Gasteiger partial charge >= 0.3 is 0 Å². The lowest BCUT2D eigenvalue weighted by Gasteiger charge is -2.17. The van der Waals surface area contributed by atoms with Gasteiger partial charge in [-0.2, -0.15) is 9.90 Å². The highest BCUT2D eigenvalue weighted by molar-refractivity contribution is 14.1. The number of alkyl halides is 1. The van der Waals surface area contributed by atoms with Gasteiger partial charge in [0, 0.05) is 3.92 Å². The molecule has 0 aromatic rings. The third-order valence-corrected chi connectivity index (χ3v) is 2.72. The minimum absolute atomic E-state index is 0.413. The van der Waals surface area contributed by atoms with E-state index in [9.17, 15) is 9.70 Å². The number of hydrogen-bond acceptors (Lipinski definition) is 4. The van der Waals surface area contributed by atoms with Gasteiger partial charge in [-0.1, -0.05) is 33.8 Å². The van der Waals surface area contributed by atoms with E-state index in [1.54, 1.807) is 6.08 Å². The van der Waals surface area contributed by atoms with E-state index in [-0.39, 0.29) is 0 Å². The molecule has 0 saturated heterocycles. The normalized spacial score (nSPS) is 28.6. The van der Waals surface area contributed by atoms with E-state index in [1.807, 2.05) is 0 Å². The standard InChI is InChI=1S/C7H7IN2O2/c8-5-1-2-6(9-4-11)7(3-5)10-12/h2,5,7H,1,3H2. The van der Waals surface area contributed by atoms with Gasteiger partial charge in [-0.15, -0.1) is 0 Å². The molecule has 0 saturated carbocycles. The quantitative estimate of drug-likeness (QED) is 0.255. The van der Waals surface area contributed by atoms with Crippen LogP contribution in [0.15, 0.2) is 21.9 Å². The first-order valence-corrected chi connectivity index (χ1v) is 4.77. The molecule has 0 fully saturated rings. The second-order valence-electron chi connectivity index (χ2n) is 2.52. The Hall–Kier alpha value is -0.550. The van der Waals surface area contributed by atoms with Crippen LogP contribution in [0.4, 0.5) is 0 Å². The highest BCUT2D eigenvalue weighted by atomic mass is 127. The van der Waals surface area contributed by atoms with Crippen molar-refractivity contribution in [1.82, 2.24) is 0 Å². The van der Waals surface area contributed by atoms with Crippen molar-refractivity contribution in [3.63, 3.8) is 0 Å². The topological polar surface area (TPSA) is 58.9 Å². The zero-order valence-electron chi connectivity index (χ0n) is 6.24. The molecule has 0 aliphatic heterocycles. The van der Waals surface area contributed by atoms with Crippen molar-refractivity contribution in [2.24, 2.45) is 10.2 Å². The van der Waals surface area contributed by atoms with Crippen LogP contribution < -0.4 is 0 Å². The van der Waals surface area contributed by atoms with Gasteiger partial charge in [-0.3, -0.25) is 0 Å². The van der Waals surface area contributed by atoms with E-state index >= 15 is 0 Å². The predicted molar refractivity (Wildman–Crippen MR) is 52.8 cm³/mol. The van der Waals surface area contributed by atoms with Crippen LogP contribution in [0.2, 0.25) is 0 Å². The molecule has 0 aromatic carbocycles. The number of rotatable bonds is 2. The summed E-state index contributed by atoms with van der Waals surface area (Å²) in [6, 6.07) is -0.456. The van der Waals surface area contributed by atoms with Gasteiger partial charge in [0.1, 0.15) is 6.04 Å². The number of aliphatic imine (C=N–C) groups is 1. The van der Waals surface area contributed by atoms with E-state index in [4.69, 9.17) is 0 Å². The summed E-state index contributed by atoms with van der Waals surface area (Å²) in [5, 5.41) is 2.90. The van der Waals surface area contributed by atoms with Crippen molar-refractivity contribution < 1.29 is 4.79 Å². The molecule has 5 heteroatoms. The predicted octanol–water partition coefficient (Wildman–Crippen LogP) is 1.94. The maximum Gasteiger partial charge on any atom is 0.240 e. The Bertz CT molecular complexity index is 258. The van der Waals surface area contributed by atoms with E-state index < -0.39 is 6.04 Å². The van der Waals surface area contributed by atoms with Crippen molar-refractivity contribution in [3.8, 4) is 0 Å². The minimum atomic E-state index is -0.456. The molecular weight excluding hydrogens is 271 g/mol. The Morgan fingerprint density at radius 3 is 3.00 bits per heavy atom. The van der Waals surface area contributed by atoms with Crippen LogP contribution in [0.1, 0.15) is 12.8 Å². The molecule has 2 atom stereocenters. The average Bonchev–Trinajstić information content (AvgIpc) is 2.08. The van der Waals surface area contributed by atoms with Crippen molar-refractivity contribution in [2.45, 2.75) is 22.8 Å². The van der Waals surface area contributed by atoms with Crippen molar-refractivity contribution in [1.29, 1.82) is 0 Å². The number of allylic oxidation sites excluding steroid dienone is 1. The third-order valence-electron chi connectivity index (χ3n) is 1.71. The second kappa shape index (κ2) is 4.47. The fourth-order valence-corrected chi connectivity index (χ4v) is 1.85. The van der Waals surface area contributed by atoms with Crippen LogP contribution in [0, 0.1) is 4.91 Å². The summed E-state index contributed by atoms with van der Waals surface area (Å²) in [7, 11) is 0. The summed E-state index contributed by atoms with van der Waals surface area (Å²) in [5.41, 5.74) is 0.466. The Morgan fingerprint density at radius 2 is 2.42 bits per heavy atom. The molecule has 0 aromatic heterocycles. The molecule has 12 heavy (non-hydrogen) atoms. The summed E-state index contributed by atoms with van der Waals surface area (Å²) in [6.45, 7) is 0. The van der Waals surface area contributed by atoms with Gasteiger partial charge in [-0.05, 0) is 12.8 Å². The van der Waals surface area contributed by atoms with Gasteiger partial charge in [-0.25, -0.2) is 4.79 Å². The van der Waals surface area contributed by atoms with Crippen molar-refractivity contribution >= 4 is 28.7 Å². The first-order chi connectivity index (χ1) is 5.77. The lowest BCUT2D eigenvalue weighted by atomic mass is 10.0. The molecule has 0 spiro atoms. The molecule has 0 radical (unpaired) electrons. The van der Waals surface area contributed by atoms with Gasteiger partial charge in [0.15, 0.2) is 0 Å². The van der Waals surface area contributed by atoms with Gasteiger partial charge in [0.25, 0.3) is 0 Å². The van der Waals surface area contributed by atoms with Gasteiger partial charge in [0.05, 0.1) is 5.70 Å². The Balaban J connectivity index is 2.81. The molecule has 0 amide bonds. The molecule has 0 N–H and O–H groups in total. The Labute approximate surface area is 83.2 Å². The number of nitroso groups, excluding NO2 is 1. The highest BCUT2D eigenvalue weighted by Crippen LogP contribution is 2.26. The minimum Gasteiger partial charge on any atom is -0.211 e. The van der Waals surface area contributed by atoms with E-state index in [1.165, 1.54) is 6.08 Å². The highest BCUT2D eigenvalue weighted by Gasteiger charge is 2.23. The van der Waals surface area contributed by atoms with Crippen LogP contribution in [0.25, 0.3) is 0 Å².